The lowest BCUT2D eigenvalue weighted by Gasteiger charge is -2.11. The Morgan fingerprint density at radius 3 is 1.47 bits per heavy atom. The highest BCUT2D eigenvalue weighted by atomic mass is 32.1. The summed E-state index contributed by atoms with van der Waals surface area (Å²) in [6.45, 7) is 0. The molecule has 4 heteroatoms. The van der Waals surface area contributed by atoms with E-state index in [1.807, 2.05) is 47.7 Å². The molecule has 0 aliphatic carbocycles. The van der Waals surface area contributed by atoms with E-state index in [4.69, 9.17) is 15.0 Å². The fourth-order valence-corrected chi connectivity index (χ4v) is 6.79. The molecule has 0 unspecified atom stereocenters. The van der Waals surface area contributed by atoms with Crippen LogP contribution in [-0.2, 0) is 0 Å². The zero-order valence-corrected chi connectivity index (χ0v) is 24.0. The van der Waals surface area contributed by atoms with E-state index in [1.54, 1.807) is 0 Å². The Kier molecular flexibility index (Phi) is 6.32. The van der Waals surface area contributed by atoms with Crippen molar-refractivity contribution in [2.24, 2.45) is 0 Å². The number of hydrogen-bond donors (Lipinski definition) is 0. The van der Waals surface area contributed by atoms with Gasteiger partial charge in [0.1, 0.15) is 0 Å². The van der Waals surface area contributed by atoms with Gasteiger partial charge in [-0.1, -0.05) is 133 Å². The van der Waals surface area contributed by atoms with Gasteiger partial charge in [-0.25, -0.2) is 15.0 Å². The smallest absolute Gasteiger partial charge is 0.164 e. The predicted octanol–water partition coefficient (Wildman–Crippen LogP) is 10.6. The Bertz CT molecular complexity index is 2210. The molecule has 0 N–H and O–H groups in total. The zero-order chi connectivity index (χ0) is 28.6. The molecule has 0 amide bonds. The van der Waals surface area contributed by atoms with Crippen molar-refractivity contribution in [3.8, 4) is 56.4 Å². The van der Waals surface area contributed by atoms with E-state index in [9.17, 15) is 0 Å². The van der Waals surface area contributed by atoms with Crippen LogP contribution >= 0.6 is 11.3 Å². The first-order valence-electron chi connectivity index (χ1n) is 14.3. The summed E-state index contributed by atoms with van der Waals surface area (Å²) in [6, 6.07) is 52.7. The maximum Gasteiger partial charge on any atom is 0.164 e. The molecule has 0 aliphatic rings. The van der Waals surface area contributed by atoms with Crippen molar-refractivity contribution in [1.29, 1.82) is 0 Å². The van der Waals surface area contributed by atoms with Gasteiger partial charge in [0, 0.05) is 36.9 Å². The third-order valence-electron chi connectivity index (χ3n) is 7.74. The van der Waals surface area contributed by atoms with Crippen LogP contribution in [0, 0.1) is 0 Å². The molecule has 6 aromatic carbocycles. The average molecular weight is 568 g/mol. The lowest BCUT2D eigenvalue weighted by atomic mass is 9.97. The molecule has 0 spiro atoms. The number of benzene rings is 6. The maximum absolute atomic E-state index is 5.08. The van der Waals surface area contributed by atoms with Gasteiger partial charge in [-0.15, -0.1) is 11.3 Å². The molecule has 0 fully saturated rings. The SMILES string of the molecule is c1ccc(-c2ccc(-c3nc(-c4ccccc4)nc(-c4cc(-c5ccccc5)c5c(c4)sc4ccccc45)n3)cc2)cc1. The van der Waals surface area contributed by atoms with Crippen LogP contribution in [0.15, 0.2) is 152 Å². The minimum Gasteiger partial charge on any atom is -0.208 e. The molecule has 3 nitrogen and oxygen atoms in total. The van der Waals surface area contributed by atoms with Crippen molar-refractivity contribution in [2.45, 2.75) is 0 Å². The highest BCUT2D eigenvalue weighted by Gasteiger charge is 2.17. The second kappa shape index (κ2) is 10.8. The summed E-state index contributed by atoms with van der Waals surface area (Å²) >= 11 is 1.81. The number of hydrogen-bond acceptors (Lipinski definition) is 4. The first kappa shape index (κ1) is 25.3. The fourth-order valence-electron chi connectivity index (χ4n) is 5.62. The van der Waals surface area contributed by atoms with Gasteiger partial charge in [0.05, 0.1) is 0 Å². The van der Waals surface area contributed by atoms with E-state index < -0.39 is 0 Å². The molecule has 0 radical (unpaired) electrons. The van der Waals surface area contributed by atoms with Crippen molar-refractivity contribution in [2.75, 3.05) is 0 Å². The van der Waals surface area contributed by atoms with E-state index in [0.717, 1.165) is 22.3 Å². The van der Waals surface area contributed by atoms with Gasteiger partial charge in [0.15, 0.2) is 17.5 Å². The highest BCUT2D eigenvalue weighted by molar-refractivity contribution is 7.26. The van der Waals surface area contributed by atoms with Crippen molar-refractivity contribution >= 4 is 31.5 Å². The lowest BCUT2D eigenvalue weighted by Crippen LogP contribution is -2.00. The summed E-state index contributed by atoms with van der Waals surface area (Å²) in [6.07, 6.45) is 0. The summed E-state index contributed by atoms with van der Waals surface area (Å²) in [4.78, 5) is 15.1. The van der Waals surface area contributed by atoms with E-state index in [0.29, 0.717) is 17.5 Å². The van der Waals surface area contributed by atoms with E-state index in [-0.39, 0.29) is 0 Å². The second-order valence-electron chi connectivity index (χ2n) is 10.5. The van der Waals surface area contributed by atoms with Crippen LogP contribution in [0.4, 0.5) is 0 Å². The zero-order valence-electron chi connectivity index (χ0n) is 23.2. The number of nitrogens with zero attached hydrogens (tertiary/aromatic N) is 3. The number of thiophene rings is 1. The number of rotatable bonds is 5. The minimum absolute atomic E-state index is 0.654. The quantitative estimate of drug-likeness (QED) is 0.208. The van der Waals surface area contributed by atoms with Crippen molar-refractivity contribution in [3.05, 3.63) is 152 Å². The first-order valence-corrected chi connectivity index (χ1v) is 15.1. The number of aromatic nitrogens is 3. The molecular formula is C39H25N3S. The Morgan fingerprint density at radius 1 is 0.349 bits per heavy atom. The maximum atomic E-state index is 5.08. The molecule has 202 valence electrons. The molecule has 2 aromatic heterocycles. The Hall–Kier alpha value is -5.45. The van der Waals surface area contributed by atoms with Crippen LogP contribution in [0.5, 0.6) is 0 Å². The molecule has 0 atom stereocenters. The Morgan fingerprint density at radius 2 is 0.814 bits per heavy atom. The summed E-state index contributed by atoms with van der Waals surface area (Å²) in [5.74, 6) is 1.97. The standard InChI is InChI=1S/C39H25N3S/c1-4-12-26(13-5-1)27-20-22-30(23-21-27)38-40-37(29-16-8-3-9-17-29)41-39(42-38)31-24-33(28-14-6-2-7-15-28)36-32-18-10-11-19-34(32)43-35(36)25-31/h1-25H. The van der Waals surface area contributed by atoms with Gasteiger partial charge in [-0.2, -0.15) is 0 Å². The molecule has 0 bridgehead atoms. The molecule has 8 rings (SSSR count). The molecule has 0 saturated carbocycles. The van der Waals surface area contributed by atoms with Gasteiger partial charge < -0.3 is 0 Å². The predicted molar refractivity (Wildman–Crippen MR) is 180 cm³/mol. The molecule has 0 aliphatic heterocycles. The molecule has 8 aromatic rings. The Balaban J connectivity index is 1.33. The molecule has 43 heavy (non-hydrogen) atoms. The topological polar surface area (TPSA) is 38.7 Å². The minimum atomic E-state index is 0.654. The van der Waals surface area contributed by atoms with Crippen molar-refractivity contribution in [3.63, 3.8) is 0 Å². The lowest BCUT2D eigenvalue weighted by molar-refractivity contribution is 1.07. The van der Waals surface area contributed by atoms with Gasteiger partial charge in [-0.3, -0.25) is 0 Å². The number of fused-ring (bicyclic) bond motifs is 3. The van der Waals surface area contributed by atoms with Crippen molar-refractivity contribution in [1.82, 2.24) is 15.0 Å². The van der Waals surface area contributed by atoms with E-state index in [1.165, 1.54) is 36.9 Å². The second-order valence-corrected chi connectivity index (χ2v) is 11.6. The summed E-state index contributed by atoms with van der Waals surface area (Å²) in [5, 5.41) is 2.54. The molecule has 2 heterocycles. The molecule has 0 saturated heterocycles. The van der Waals surface area contributed by atoms with Gasteiger partial charge >= 0.3 is 0 Å². The van der Waals surface area contributed by atoms with Crippen LogP contribution in [0.25, 0.3) is 76.6 Å². The Labute approximate surface area is 253 Å². The van der Waals surface area contributed by atoms with Crippen molar-refractivity contribution < 1.29 is 0 Å². The van der Waals surface area contributed by atoms with Gasteiger partial charge in [0.25, 0.3) is 0 Å². The van der Waals surface area contributed by atoms with E-state index >= 15 is 0 Å². The highest BCUT2D eigenvalue weighted by Crippen LogP contribution is 2.42. The van der Waals surface area contributed by atoms with Gasteiger partial charge in [0.2, 0.25) is 0 Å². The first-order chi connectivity index (χ1) is 21.3. The monoisotopic (exact) mass is 567 g/mol. The van der Waals surface area contributed by atoms with Gasteiger partial charge in [-0.05, 0) is 40.5 Å². The average Bonchev–Trinajstić information content (AvgIpc) is 3.48. The third kappa shape index (κ3) is 4.78. The van der Waals surface area contributed by atoms with Crippen LogP contribution in [0.1, 0.15) is 0 Å². The van der Waals surface area contributed by atoms with Crippen LogP contribution in [0.2, 0.25) is 0 Å². The summed E-state index contributed by atoms with van der Waals surface area (Å²) in [7, 11) is 0. The largest absolute Gasteiger partial charge is 0.208 e. The van der Waals surface area contributed by atoms with Crippen LogP contribution < -0.4 is 0 Å². The van der Waals surface area contributed by atoms with Crippen LogP contribution in [0.3, 0.4) is 0 Å². The third-order valence-corrected chi connectivity index (χ3v) is 8.86. The fraction of sp³-hybridized carbons (Fsp3) is 0. The van der Waals surface area contributed by atoms with E-state index in [2.05, 4.69) is 115 Å². The van der Waals surface area contributed by atoms with Crippen LogP contribution in [-0.4, -0.2) is 15.0 Å². The normalized spacial score (nSPS) is 11.3. The summed E-state index contributed by atoms with van der Waals surface area (Å²) < 4.78 is 2.49. The molecular weight excluding hydrogens is 543 g/mol. The summed E-state index contributed by atoms with van der Waals surface area (Å²) in [5.41, 5.74) is 7.57.